The Labute approximate surface area is 143 Å². The summed E-state index contributed by atoms with van der Waals surface area (Å²) in [5.74, 6) is -0.0126. The van der Waals surface area contributed by atoms with E-state index in [2.05, 4.69) is 10.3 Å². The van der Waals surface area contributed by atoms with Gasteiger partial charge in [0, 0.05) is 29.3 Å². The number of carbonyl (C=O) groups excluding carboxylic acids is 1. The highest BCUT2D eigenvalue weighted by molar-refractivity contribution is 6.31. The van der Waals surface area contributed by atoms with E-state index in [0.717, 1.165) is 5.52 Å². The lowest BCUT2D eigenvalue weighted by atomic mass is 10.1. The minimum Gasteiger partial charge on any atom is -0.437 e. The highest BCUT2D eigenvalue weighted by Crippen LogP contribution is 2.21. The molecule has 1 heterocycles. The Hall–Kier alpha value is -2.63. The predicted molar refractivity (Wildman–Crippen MR) is 92.5 cm³/mol. The van der Waals surface area contributed by atoms with Gasteiger partial charge in [-0.15, -0.1) is 0 Å². The van der Waals surface area contributed by atoms with Crippen molar-refractivity contribution in [3.05, 3.63) is 71.1 Å². The van der Waals surface area contributed by atoms with E-state index in [-0.39, 0.29) is 12.5 Å². The summed E-state index contributed by atoms with van der Waals surface area (Å²) in [6, 6.07) is 14.3. The molecule has 0 fully saturated rings. The third-order valence-electron chi connectivity index (χ3n) is 3.42. The second kappa shape index (κ2) is 7.29. The largest absolute Gasteiger partial charge is 0.437 e. The highest BCUT2D eigenvalue weighted by atomic mass is 35.5. The van der Waals surface area contributed by atoms with Gasteiger partial charge in [-0.25, -0.2) is 4.98 Å². The van der Waals surface area contributed by atoms with Crippen LogP contribution in [-0.4, -0.2) is 22.5 Å². The molecule has 0 radical (unpaired) electrons. The maximum atomic E-state index is 11.8. The maximum Gasteiger partial charge on any atom is 0.244 e. The molecule has 6 heteroatoms. The Morgan fingerprint density at radius 2 is 2.00 bits per heavy atom. The number of nitrogens with zero attached hydrogens (tertiary/aromatic N) is 1. The van der Waals surface area contributed by atoms with Crippen molar-refractivity contribution in [2.45, 2.75) is 6.10 Å². The van der Waals surface area contributed by atoms with Crippen molar-refractivity contribution in [3.63, 3.8) is 0 Å². The van der Waals surface area contributed by atoms with Crippen LogP contribution in [0.15, 0.2) is 59.0 Å². The molecule has 1 amide bonds. The fourth-order valence-electron chi connectivity index (χ4n) is 2.22. The first kappa shape index (κ1) is 16.2. The van der Waals surface area contributed by atoms with Crippen molar-refractivity contribution in [3.8, 4) is 0 Å². The van der Waals surface area contributed by atoms with E-state index >= 15 is 0 Å². The summed E-state index contributed by atoms with van der Waals surface area (Å²) in [7, 11) is 0. The van der Waals surface area contributed by atoms with Crippen molar-refractivity contribution < 1.29 is 14.3 Å². The lowest BCUT2D eigenvalue weighted by Crippen LogP contribution is -2.26. The van der Waals surface area contributed by atoms with Gasteiger partial charge in [0.15, 0.2) is 5.58 Å². The van der Waals surface area contributed by atoms with Crippen LogP contribution in [0.3, 0.4) is 0 Å². The van der Waals surface area contributed by atoms with E-state index in [0.29, 0.717) is 22.1 Å². The lowest BCUT2D eigenvalue weighted by Gasteiger charge is -2.12. The van der Waals surface area contributed by atoms with Crippen molar-refractivity contribution in [1.29, 1.82) is 0 Å². The Morgan fingerprint density at radius 3 is 2.79 bits per heavy atom. The molecule has 2 aromatic carbocycles. The molecular weight excluding hydrogens is 328 g/mol. The molecule has 5 nitrogen and oxygen atoms in total. The lowest BCUT2D eigenvalue weighted by molar-refractivity contribution is -0.116. The molecule has 0 saturated carbocycles. The molecule has 3 rings (SSSR count). The van der Waals surface area contributed by atoms with Gasteiger partial charge in [-0.1, -0.05) is 41.9 Å². The number of carbonyl (C=O) groups is 1. The molecule has 0 saturated heterocycles. The Balaban J connectivity index is 1.58. The minimum atomic E-state index is -0.875. The van der Waals surface area contributed by atoms with Gasteiger partial charge in [0.05, 0.1) is 6.10 Å². The number of aromatic nitrogens is 1. The van der Waals surface area contributed by atoms with Crippen LogP contribution in [0.5, 0.6) is 0 Å². The van der Waals surface area contributed by atoms with Crippen molar-refractivity contribution >= 4 is 34.7 Å². The Bertz CT molecular complexity index is 856. The molecule has 1 aromatic heterocycles. The standard InChI is InChI=1S/C18H15ClN2O3/c19-13-6-2-1-5-12(13)15(22)11-20-17(23)9-10-18-21-14-7-3-4-8-16(14)24-18/h1-10,15,22H,11H2,(H,20,23)/b10-9+. The number of aliphatic hydroxyl groups excluding tert-OH is 1. The number of benzene rings is 2. The van der Waals surface area contributed by atoms with Crippen LogP contribution >= 0.6 is 11.6 Å². The number of hydrogen-bond acceptors (Lipinski definition) is 4. The van der Waals surface area contributed by atoms with Crippen molar-refractivity contribution in [2.24, 2.45) is 0 Å². The number of para-hydroxylation sites is 2. The SMILES string of the molecule is O=C(/C=C/c1nc2ccccc2o1)NCC(O)c1ccccc1Cl. The number of nitrogens with one attached hydrogen (secondary N) is 1. The van der Waals surface area contributed by atoms with Crippen LogP contribution < -0.4 is 5.32 Å². The van der Waals surface area contributed by atoms with E-state index in [1.54, 1.807) is 30.3 Å². The third kappa shape index (κ3) is 3.82. The fraction of sp³-hybridized carbons (Fsp3) is 0.111. The summed E-state index contributed by atoms with van der Waals surface area (Å²) in [5, 5.41) is 13.1. The van der Waals surface area contributed by atoms with Gasteiger partial charge in [-0.05, 0) is 18.2 Å². The second-order valence-electron chi connectivity index (χ2n) is 5.14. The maximum absolute atomic E-state index is 11.8. The monoisotopic (exact) mass is 342 g/mol. The van der Waals surface area contributed by atoms with Gasteiger partial charge in [-0.3, -0.25) is 4.79 Å². The molecule has 0 aliphatic rings. The van der Waals surface area contributed by atoms with E-state index < -0.39 is 6.10 Å². The van der Waals surface area contributed by atoms with E-state index in [1.807, 2.05) is 18.2 Å². The molecule has 1 unspecified atom stereocenters. The zero-order valence-corrected chi connectivity index (χ0v) is 13.4. The number of halogens is 1. The molecule has 0 aliphatic heterocycles. The van der Waals surface area contributed by atoms with Gasteiger partial charge in [0.2, 0.25) is 11.8 Å². The molecule has 3 aromatic rings. The van der Waals surface area contributed by atoms with Gasteiger partial charge < -0.3 is 14.8 Å². The zero-order chi connectivity index (χ0) is 16.9. The summed E-state index contributed by atoms with van der Waals surface area (Å²) in [4.78, 5) is 16.1. The number of hydrogen-bond donors (Lipinski definition) is 2. The molecule has 0 aliphatic carbocycles. The van der Waals surface area contributed by atoms with Crippen LogP contribution in [0.25, 0.3) is 17.2 Å². The zero-order valence-electron chi connectivity index (χ0n) is 12.6. The van der Waals surface area contributed by atoms with E-state index in [1.165, 1.54) is 12.2 Å². The first-order valence-corrected chi connectivity index (χ1v) is 7.75. The highest BCUT2D eigenvalue weighted by Gasteiger charge is 2.11. The molecule has 1 atom stereocenters. The number of oxazole rings is 1. The summed E-state index contributed by atoms with van der Waals surface area (Å²) >= 11 is 6.01. The molecule has 0 spiro atoms. The number of rotatable bonds is 5. The summed E-state index contributed by atoms with van der Waals surface area (Å²) in [5.41, 5.74) is 1.96. The Kier molecular flexibility index (Phi) is 4.93. The van der Waals surface area contributed by atoms with Gasteiger partial charge in [0.25, 0.3) is 0 Å². The minimum absolute atomic E-state index is 0.0560. The van der Waals surface area contributed by atoms with Crippen LogP contribution in [0.2, 0.25) is 5.02 Å². The fourth-order valence-corrected chi connectivity index (χ4v) is 2.48. The number of amides is 1. The molecular formula is C18H15ClN2O3. The molecule has 24 heavy (non-hydrogen) atoms. The second-order valence-corrected chi connectivity index (χ2v) is 5.54. The molecule has 122 valence electrons. The van der Waals surface area contributed by atoms with Gasteiger partial charge in [-0.2, -0.15) is 0 Å². The van der Waals surface area contributed by atoms with Crippen LogP contribution in [-0.2, 0) is 4.79 Å². The normalized spacial score (nSPS) is 12.6. The molecule has 2 N–H and O–H groups in total. The third-order valence-corrected chi connectivity index (χ3v) is 3.77. The van der Waals surface area contributed by atoms with Crippen molar-refractivity contribution in [2.75, 3.05) is 6.54 Å². The summed E-state index contributed by atoms with van der Waals surface area (Å²) in [6.45, 7) is 0.0560. The molecule has 0 bridgehead atoms. The van der Waals surface area contributed by atoms with E-state index in [9.17, 15) is 9.90 Å². The average Bonchev–Trinajstić information content (AvgIpc) is 3.01. The topological polar surface area (TPSA) is 75.4 Å². The first-order valence-electron chi connectivity index (χ1n) is 7.37. The van der Waals surface area contributed by atoms with Crippen LogP contribution in [0, 0.1) is 0 Å². The summed E-state index contributed by atoms with van der Waals surface area (Å²) < 4.78 is 5.48. The van der Waals surface area contributed by atoms with E-state index in [4.69, 9.17) is 16.0 Å². The van der Waals surface area contributed by atoms with Crippen LogP contribution in [0.1, 0.15) is 17.6 Å². The van der Waals surface area contributed by atoms with Crippen molar-refractivity contribution in [1.82, 2.24) is 10.3 Å². The van der Waals surface area contributed by atoms with Gasteiger partial charge in [0.1, 0.15) is 5.52 Å². The first-order chi connectivity index (χ1) is 11.6. The average molecular weight is 343 g/mol. The number of aliphatic hydroxyl groups is 1. The Morgan fingerprint density at radius 1 is 1.25 bits per heavy atom. The smallest absolute Gasteiger partial charge is 0.244 e. The predicted octanol–water partition coefficient (Wildman–Crippen LogP) is 3.34. The number of fused-ring (bicyclic) bond motifs is 1. The quantitative estimate of drug-likeness (QED) is 0.697. The van der Waals surface area contributed by atoms with Crippen LogP contribution in [0.4, 0.5) is 0 Å². The van der Waals surface area contributed by atoms with Gasteiger partial charge >= 0.3 is 0 Å². The summed E-state index contributed by atoms with van der Waals surface area (Å²) in [6.07, 6.45) is 1.92.